The third kappa shape index (κ3) is 5.00. The highest BCUT2D eigenvalue weighted by atomic mass is 16.6. The summed E-state index contributed by atoms with van der Waals surface area (Å²) in [5, 5.41) is 10.8. The lowest BCUT2D eigenvalue weighted by atomic mass is 9.95. The first-order valence-electron chi connectivity index (χ1n) is 7.59. The molecule has 122 valence electrons. The number of hydrogen-bond donors (Lipinski definition) is 1. The maximum atomic E-state index is 12.2. The molecular weight excluding hydrogens is 282 g/mol. The van der Waals surface area contributed by atoms with Crippen LogP contribution in [0.1, 0.15) is 26.3 Å². The minimum Gasteiger partial charge on any atom is -0.444 e. The van der Waals surface area contributed by atoms with Crippen LogP contribution < -0.4 is 0 Å². The van der Waals surface area contributed by atoms with E-state index < -0.39 is 17.3 Å². The highest BCUT2D eigenvalue weighted by molar-refractivity contribution is 5.68. The molecule has 1 saturated heterocycles. The fraction of sp³-hybridized carbons (Fsp3) is 0.588. The van der Waals surface area contributed by atoms with Gasteiger partial charge < -0.3 is 19.5 Å². The average molecular weight is 307 g/mol. The van der Waals surface area contributed by atoms with E-state index in [1.54, 1.807) is 0 Å². The number of hydrogen-bond acceptors (Lipinski definition) is 4. The molecule has 0 bridgehead atoms. The minimum absolute atomic E-state index is 0.205. The quantitative estimate of drug-likeness (QED) is 0.910. The van der Waals surface area contributed by atoms with Crippen LogP contribution in [0, 0.1) is 0 Å². The van der Waals surface area contributed by atoms with Crippen LogP contribution in [-0.4, -0.2) is 53.6 Å². The Morgan fingerprint density at radius 2 is 2.05 bits per heavy atom. The monoisotopic (exact) mass is 307 g/mol. The Morgan fingerprint density at radius 1 is 1.36 bits per heavy atom. The number of ether oxygens (including phenoxy) is 2. The van der Waals surface area contributed by atoms with Gasteiger partial charge in [0.25, 0.3) is 0 Å². The molecule has 1 N–H and O–H groups in total. The number of β-amino-alcohol motifs (C(OH)–C–C–N with tert-alkyl or cyclic N) is 1. The van der Waals surface area contributed by atoms with Crippen LogP contribution in [-0.2, 0) is 15.9 Å². The molecule has 1 amide bonds. The van der Waals surface area contributed by atoms with Crippen LogP contribution >= 0.6 is 0 Å². The molecular formula is C17H25NO4. The predicted molar refractivity (Wildman–Crippen MR) is 83.7 cm³/mol. The lowest BCUT2D eigenvalue weighted by molar-refractivity contribution is -0.0394. The van der Waals surface area contributed by atoms with E-state index >= 15 is 0 Å². The zero-order valence-corrected chi connectivity index (χ0v) is 13.5. The summed E-state index contributed by atoms with van der Waals surface area (Å²) in [6.07, 6.45) is 0.0251. The molecule has 1 heterocycles. The van der Waals surface area contributed by atoms with Gasteiger partial charge in [0, 0.05) is 13.0 Å². The summed E-state index contributed by atoms with van der Waals surface area (Å²) in [6, 6.07) is 9.72. The number of rotatable bonds is 2. The first-order chi connectivity index (χ1) is 10.3. The lowest BCUT2D eigenvalue weighted by Gasteiger charge is -2.32. The first kappa shape index (κ1) is 16.8. The molecule has 22 heavy (non-hydrogen) atoms. The van der Waals surface area contributed by atoms with Gasteiger partial charge in [0.05, 0.1) is 19.8 Å². The van der Waals surface area contributed by atoms with Crippen LogP contribution in [0.5, 0.6) is 0 Å². The molecule has 1 aliphatic rings. The van der Waals surface area contributed by atoms with Gasteiger partial charge in [0.2, 0.25) is 0 Å². The average Bonchev–Trinajstić information content (AvgIpc) is 2.60. The van der Waals surface area contributed by atoms with E-state index in [-0.39, 0.29) is 13.2 Å². The number of aliphatic hydroxyl groups is 1. The van der Waals surface area contributed by atoms with E-state index in [0.29, 0.717) is 19.6 Å². The Kier molecular flexibility index (Phi) is 5.08. The molecule has 5 heteroatoms. The number of benzene rings is 1. The van der Waals surface area contributed by atoms with Crippen molar-refractivity contribution in [1.82, 2.24) is 4.90 Å². The molecule has 1 unspecified atom stereocenters. The van der Waals surface area contributed by atoms with E-state index in [1.165, 1.54) is 4.90 Å². The summed E-state index contributed by atoms with van der Waals surface area (Å²) in [4.78, 5) is 13.8. The van der Waals surface area contributed by atoms with Crippen molar-refractivity contribution in [3.8, 4) is 0 Å². The number of nitrogens with zero attached hydrogens (tertiary/aromatic N) is 1. The molecule has 1 aromatic rings. The van der Waals surface area contributed by atoms with Crippen molar-refractivity contribution < 1.29 is 19.4 Å². The molecule has 1 atom stereocenters. The molecule has 0 aliphatic carbocycles. The normalized spacial score (nSPS) is 23.0. The summed E-state index contributed by atoms with van der Waals surface area (Å²) in [5.74, 6) is 0. The van der Waals surface area contributed by atoms with Gasteiger partial charge in [0.15, 0.2) is 0 Å². The second-order valence-electron chi connectivity index (χ2n) is 6.84. The van der Waals surface area contributed by atoms with Gasteiger partial charge in [-0.1, -0.05) is 30.3 Å². The van der Waals surface area contributed by atoms with Crippen molar-refractivity contribution in [1.29, 1.82) is 0 Å². The second kappa shape index (κ2) is 6.67. The van der Waals surface area contributed by atoms with Crippen molar-refractivity contribution in [3.05, 3.63) is 35.9 Å². The van der Waals surface area contributed by atoms with Crippen LogP contribution in [0.3, 0.4) is 0 Å². The third-order valence-electron chi connectivity index (χ3n) is 3.39. The summed E-state index contributed by atoms with van der Waals surface area (Å²) in [6.45, 7) is 6.72. The van der Waals surface area contributed by atoms with Crippen LogP contribution in [0.2, 0.25) is 0 Å². The zero-order valence-electron chi connectivity index (χ0n) is 13.5. The van der Waals surface area contributed by atoms with Gasteiger partial charge in [0.1, 0.15) is 11.2 Å². The van der Waals surface area contributed by atoms with Gasteiger partial charge in [-0.05, 0) is 26.3 Å². The Morgan fingerprint density at radius 3 is 2.68 bits per heavy atom. The van der Waals surface area contributed by atoms with Crippen molar-refractivity contribution >= 4 is 6.09 Å². The Bertz CT molecular complexity index is 497. The Balaban J connectivity index is 2.07. The van der Waals surface area contributed by atoms with Gasteiger partial charge in [-0.25, -0.2) is 4.79 Å². The van der Waals surface area contributed by atoms with E-state index in [0.717, 1.165) is 5.56 Å². The fourth-order valence-electron chi connectivity index (χ4n) is 2.48. The molecule has 0 spiro atoms. The fourth-order valence-corrected chi connectivity index (χ4v) is 2.48. The standard InChI is InChI=1S/C17H25NO4/c1-16(2,3)22-15(19)18-9-10-21-13-17(20,12-18)11-14-7-5-4-6-8-14/h4-8,20H,9-13H2,1-3H3. The highest BCUT2D eigenvalue weighted by Gasteiger charge is 2.36. The Labute approximate surface area is 131 Å². The SMILES string of the molecule is CC(C)(C)OC(=O)N1CCOCC(O)(Cc2ccccc2)C1. The lowest BCUT2D eigenvalue weighted by Crippen LogP contribution is -2.49. The van der Waals surface area contributed by atoms with E-state index in [4.69, 9.17) is 9.47 Å². The van der Waals surface area contributed by atoms with Crippen LogP contribution in [0.4, 0.5) is 4.79 Å². The van der Waals surface area contributed by atoms with Crippen LogP contribution in [0.25, 0.3) is 0 Å². The summed E-state index contributed by atoms with van der Waals surface area (Å²) in [7, 11) is 0. The van der Waals surface area contributed by atoms with Crippen molar-refractivity contribution in [2.24, 2.45) is 0 Å². The minimum atomic E-state index is -1.10. The number of carbonyl (C=O) groups is 1. The van der Waals surface area contributed by atoms with E-state index in [9.17, 15) is 9.90 Å². The van der Waals surface area contributed by atoms with Gasteiger partial charge in [-0.15, -0.1) is 0 Å². The van der Waals surface area contributed by atoms with E-state index in [1.807, 2.05) is 51.1 Å². The molecule has 1 fully saturated rings. The summed E-state index contributed by atoms with van der Waals surface area (Å²) in [5.41, 5.74) is -0.643. The summed E-state index contributed by atoms with van der Waals surface area (Å²) < 4.78 is 10.9. The smallest absolute Gasteiger partial charge is 0.410 e. The summed E-state index contributed by atoms with van der Waals surface area (Å²) >= 11 is 0. The van der Waals surface area contributed by atoms with Crippen molar-refractivity contribution in [2.45, 2.75) is 38.4 Å². The van der Waals surface area contributed by atoms with Crippen LogP contribution in [0.15, 0.2) is 30.3 Å². The zero-order chi connectivity index (χ0) is 16.2. The van der Waals surface area contributed by atoms with Gasteiger partial charge in [-0.3, -0.25) is 0 Å². The van der Waals surface area contributed by atoms with Gasteiger partial charge in [-0.2, -0.15) is 0 Å². The maximum Gasteiger partial charge on any atom is 0.410 e. The number of amides is 1. The van der Waals surface area contributed by atoms with Gasteiger partial charge >= 0.3 is 6.09 Å². The molecule has 2 rings (SSSR count). The highest BCUT2D eigenvalue weighted by Crippen LogP contribution is 2.20. The predicted octanol–water partition coefficient (Wildman–Crippen LogP) is 2.23. The molecule has 0 radical (unpaired) electrons. The molecule has 5 nitrogen and oxygen atoms in total. The Hall–Kier alpha value is -1.59. The molecule has 0 aromatic heterocycles. The number of carbonyl (C=O) groups excluding carboxylic acids is 1. The first-order valence-corrected chi connectivity index (χ1v) is 7.59. The molecule has 0 saturated carbocycles. The molecule has 1 aromatic carbocycles. The largest absolute Gasteiger partial charge is 0.444 e. The molecule has 1 aliphatic heterocycles. The van der Waals surface area contributed by atoms with Crippen molar-refractivity contribution in [2.75, 3.05) is 26.3 Å². The van der Waals surface area contributed by atoms with Crippen molar-refractivity contribution in [3.63, 3.8) is 0 Å². The topological polar surface area (TPSA) is 59.0 Å². The third-order valence-corrected chi connectivity index (χ3v) is 3.39. The maximum absolute atomic E-state index is 12.2. The second-order valence-corrected chi connectivity index (χ2v) is 6.84. The van der Waals surface area contributed by atoms with E-state index in [2.05, 4.69) is 0 Å².